The van der Waals surface area contributed by atoms with Gasteiger partial charge in [0.05, 0.1) is 17.1 Å². The molecule has 1 aliphatic heterocycles. The van der Waals surface area contributed by atoms with E-state index in [2.05, 4.69) is 35.1 Å². The highest BCUT2D eigenvalue weighted by Crippen LogP contribution is 2.37. The van der Waals surface area contributed by atoms with Crippen LogP contribution in [0.15, 0.2) is 46.9 Å². The van der Waals surface area contributed by atoms with Crippen molar-refractivity contribution in [3.05, 3.63) is 58.1 Å². The number of amides is 1. The minimum absolute atomic E-state index is 0.0654. The predicted molar refractivity (Wildman–Crippen MR) is 99.4 cm³/mol. The fourth-order valence-electron chi connectivity index (χ4n) is 3.02. The summed E-state index contributed by atoms with van der Waals surface area (Å²) in [4.78, 5) is 15.0. The van der Waals surface area contributed by atoms with Gasteiger partial charge in [-0.2, -0.15) is 0 Å². The van der Waals surface area contributed by atoms with Crippen molar-refractivity contribution in [2.24, 2.45) is 0 Å². The SMILES string of the molecule is CC[C@H](C)N1C(=O)c2ccccc2N[C@@H]1c1ccc(OC)c(Br)c1. The van der Waals surface area contributed by atoms with Crippen molar-refractivity contribution >= 4 is 27.5 Å². The lowest BCUT2D eigenvalue weighted by Crippen LogP contribution is -2.47. The molecule has 3 rings (SSSR count). The first kappa shape index (κ1) is 16.8. The second-order valence-electron chi connectivity index (χ2n) is 5.96. The number of hydrogen-bond donors (Lipinski definition) is 1. The molecule has 0 spiro atoms. The van der Waals surface area contributed by atoms with Crippen LogP contribution in [0.25, 0.3) is 0 Å². The Morgan fingerprint density at radius 3 is 2.71 bits per heavy atom. The summed E-state index contributed by atoms with van der Waals surface area (Å²) in [6.07, 6.45) is 0.688. The zero-order chi connectivity index (χ0) is 17.3. The van der Waals surface area contributed by atoms with Crippen LogP contribution in [0, 0.1) is 0 Å². The molecule has 0 aliphatic carbocycles. The average molecular weight is 389 g/mol. The molecule has 2 aromatic carbocycles. The maximum atomic E-state index is 13.1. The number of nitrogens with zero attached hydrogens (tertiary/aromatic N) is 1. The van der Waals surface area contributed by atoms with Crippen molar-refractivity contribution in [3.63, 3.8) is 0 Å². The second-order valence-corrected chi connectivity index (χ2v) is 6.81. The van der Waals surface area contributed by atoms with Gasteiger partial charge in [-0.3, -0.25) is 4.79 Å². The molecule has 0 saturated carbocycles. The highest BCUT2D eigenvalue weighted by molar-refractivity contribution is 9.10. The fraction of sp³-hybridized carbons (Fsp3) is 0.316. The number of halogens is 1. The third-order valence-corrected chi connectivity index (χ3v) is 5.14. The first-order valence-corrected chi connectivity index (χ1v) is 8.87. The van der Waals surface area contributed by atoms with E-state index < -0.39 is 0 Å². The first-order valence-electron chi connectivity index (χ1n) is 8.08. The Morgan fingerprint density at radius 2 is 2.04 bits per heavy atom. The number of carbonyl (C=O) groups excluding carboxylic acids is 1. The molecule has 2 aromatic rings. The van der Waals surface area contributed by atoms with Gasteiger partial charge in [-0.15, -0.1) is 0 Å². The van der Waals surface area contributed by atoms with Crippen LogP contribution in [0.2, 0.25) is 0 Å². The van der Waals surface area contributed by atoms with Crippen LogP contribution in [-0.2, 0) is 0 Å². The molecule has 0 bridgehead atoms. The van der Waals surface area contributed by atoms with Crippen LogP contribution >= 0.6 is 15.9 Å². The molecule has 0 unspecified atom stereocenters. The number of para-hydroxylation sites is 1. The molecule has 0 radical (unpaired) electrons. The maximum absolute atomic E-state index is 13.1. The number of ether oxygens (including phenoxy) is 1. The van der Waals surface area contributed by atoms with Crippen molar-refractivity contribution < 1.29 is 9.53 Å². The standard InChI is InChI=1S/C19H21BrN2O2/c1-4-12(2)22-18(13-9-10-17(24-3)15(20)11-13)21-16-8-6-5-7-14(16)19(22)23/h5-12,18,21H,4H2,1-3H3/t12-,18-/m0/s1. The van der Waals surface area contributed by atoms with Gasteiger partial charge in [0.25, 0.3) is 5.91 Å². The Morgan fingerprint density at radius 1 is 1.29 bits per heavy atom. The number of carbonyl (C=O) groups is 1. The lowest BCUT2D eigenvalue weighted by atomic mass is 10.0. The molecule has 126 valence electrons. The monoisotopic (exact) mass is 388 g/mol. The van der Waals surface area contributed by atoms with Crippen LogP contribution < -0.4 is 10.1 Å². The largest absolute Gasteiger partial charge is 0.496 e. The molecule has 0 saturated heterocycles. The number of anilines is 1. The zero-order valence-corrected chi connectivity index (χ0v) is 15.6. The first-order chi connectivity index (χ1) is 11.6. The normalized spacial score (nSPS) is 17.9. The Balaban J connectivity index is 2.07. The van der Waals surface area contributed by atoms with E-state index in [1.807, 2.05) is 47.4 Å². The molecule has 0 aromatic heterocycles. The third kappa shape index (κ3) is 2.88. The topological polar surface area (TPSA) is 41.6 Å². The van der Waals surface area contributed by atoms with Gasteiger partial charge in [-0.1, -0.05) is 25.1 Å². The molecule has 4 nitrogen and oxygen atoms in total. The predicted octanol–water partition coefficient (Wildman–Crippen LogP) is 4.82. The maximum Gasteiger partial charge on any atom is 0.258 e. The van der Waals surface area contributed by atoms with Crippen LogP contribution in [-0.4, -0.2) is 24.0 Å². The molecule has 5 heteroatoms. The summed E-state index contributed by atoms with van der Waals surface area (Å²) in [5.74, 6) is 0.840. The van der Waals surface area contributed by atoms with Gasteiger partial charge in [-0.05, 0) is 59.1 Å². The number of rotatable bonds is 4. The third-order valence-electron chi connectivity index (χ3n) is 4.52. The number of nitrogens with one attached hydrogen (secondary N) is 1. The molecule has 1 aliphatic rings. The summed E-state index contributed by atoms with van der Waals surface area (Å²) >= 11 is 3.54. The summed E-state index contributed by atoms with van der Waals surface area (Å²) in [5.41, 5.74) is 2.62. The van der Waals surface area contributed by atoms with Crippen molar-refractivity contribution in [3.8, 4) is 5.75 Å². The number of hydrogen-bond acceptors (Lipinski definition) is 3. The van der Waals surface area contributed by atoms with E-state index in [4.69, 9.17) is 4.74 Å². The van der Waals surface area contributed by atoms with E-state index in [1.54, 1.807) is 7.11 Å². The van der Waals surface area contributed by atoms with Gasteiger partial charge in [-0.25, -0.2) is 0 Å². The lowest BCUT2D eigenvalue weighted by molar-refractivity contribution is 0.0593. The van der Waals surface area contributed by atoms with E-state index >= 15 is 0 Å². The van der Waals surface area contributed by atoms with Crippen molar-refractivity contribution in [2.75, 3.05) is 12.4 Å². The molecule has 2 atom stereocenters. The summed E-state index contributed by atoms with van der Waals surface area (Å²) in [7, 11) is 1.64. The van der Waals surface area contributed by atoms with E-state index in [0.29, 0.717) is 0 Å². The zero-order valence-electron chi connectivity index (χ0n) is 14.0. The van der Waals surface area contributed by atoms with Gasteiger partial charge in [0.2, 0.25) is 0 Å². The molecule has 0 fully saturated rings. The van der Waals surface area contributed by atoms with Gasteiger partial charge >= 0.3 is 0 Å². The highest BCUT2D eigenvalue weighted by atomic mass is 79.9. The minimum atomic E-state index is -0.204. The van der Waals surface area contributed by atoms with Crippen molar-refractivity contribution in [2.45, 2.75) is 32.5 Å². The smallest absolute Gasteiger partial charge is 0.258 e. The lowest BCUT2D eigenvalue weighted by Gasteiger charge is -2.41. The van der Waals surface area contributed by atoms with E-state index in [1.165, 1.54) is 0 Å². The number of benzene rings is 2. The molecule has 24 heavy (non-hydrogen) atoms. The van der Waals surface area contributed by atoms with E-state index in [-0.39, 0.29) is 18.1 Å². The fourth-order valence-corrected chi connectivity index (χ4v) is 3.58. The van der Waals surface area contributed by atoms with Gasteiger partial charge in [0, 0.05) is 11.7 Å². The molecular formula is C19H21BrN2O2. The summed E-state index contributed by atoms with van der Waals surface area (Å²) < 4.78 is 6.19. The highest BCUT2D eigenvalue weighted by Gasteiger charge is 2.35. The van der Waals surface area contributed by atoms with Crippen LogP contribution in [0.4, 0.5) is 5.69 Å². The Bertz CT molecular complexity index is 763. The van der Waals surface area contributed by atoms with Crippen LogP contribution in [0.3, 0.4) is 0 Å². The molecule has 1 N–H and O–H groups in total. The van der Waals surface area contributed by atoms with Gasteiger partial charge in [0.15, 0.2) is 0 Å². The summed E-state index contributed by atoms with van der Waals surface area (Å²) in [5, 5.41) is 3.52. The van der Waals surface area contributed by atoms with Crippen LogP contribution in [0.5, 0.6) is 5.75 Å². The van der Waals surface area contributed by atoms with E-state index in [0.717, 1.165) is 33.5 Å². The Hall–Kier alpha value is -2.01. The summed E-state index contributed by atoms with van der Waals surface area (Å²) in [6, 6.07) is 13.7. The minimum Gasteiger partial charge on any atom is -0.496 e. The molecule has 1 amide bonds. The number of methoxy groups -OCH3 is 1. The van der Waals surface area contributed by atoms with Crippen molar-refractivity contribution in [1.29, 1.82) is 0 Å². The second kappa shape index (κ2) is 6.85. The number of fused-ring (bicyclic) bond motifs is 1. The average Bonchev–Trinajstić information content (AvgIpc) is 2.61. The van der Waals surface area contributed by atoms with E-state index in [9.17, 15) is 4.79 Å². The van der Waals surface area contributed by atoms with Gasteiger partial charge < -0.3 is 15.0 Å². The summed E-state index contributed by atoms with van der Waals surface area (Å²) in [6.45, 7) is 4.18. The molecular weight excluding hydrogens is 368 g/mol. The van der Waals surface area contributed by atoms with Crippen molar-refractivity contribution in [1.82, 2.24) is 4.90 Å². The van der Waals surface area contributed by atoms with Gasteiger partial charge in [0.1, 0.15) is 11.9 Å². The molecule has 1 heterocycles. The Kier molecular flexibility index (Phi) is 4.81. The van der Waals surface area contributed by atoms with Crippen LogP contribution in [0.1, 0.15) is 42.4 Å². The Labute approximate surface area is 150 Å². The quantitative estimate of drug-likeness (QED) is 0.815.